The molecule has 0 aromatic heterocycles. The maximum absolute atomic E-state index is 13.4. The zero-order valence-electron chi connectivity index (χ0n) is 13.3. The van der Waals surface area contributed by atoms with E-state index in [-0.39, 0.29) is 30.8 Å². The molecule has 3 rings (SSSR count). The highest BCUT2D eigenvalue weighted by Crippen LogP contribution is 2.32. The average molecular weight is 329 g/mol. The van der Waals surface area contributed by atoms with E-state index in [0.29, 0.717) is 12.4 Å². The van der Waals surface area contributed by atoms with Gasteiger partial charge in [-0.2, -0.15) is 0 Å². The molecular formula is C19H20FNO3. The molecule has 2 aromatic carbocycles. The van der Waals surface area contributed by atoms with Crippen LogP contribution in [0.4, 0.5) is 4.39 Å². The van der Waals surface area contributed by atoms with Crippen LogP contribution in [-0.4, -0.2) is 17.6 Å². The Labute approximate surface area is 140 Å². The minimum absolute atomic E-state index is 0.0944. The van der Waals surface area contributed by atoms with E-state index in [1.54, 1.807) is 12.1 Å². The topological polar surface area (TPSA) is 58.6 Å². The van der Waals surface area contributed by atoms with Gasteiger partial charge < -0.3 is 15.2 Å². The number of fused-ring (bicyclic) bond motifs is 1. The summed E-state index contributed by atoms with van der Waals surface area (Å²) in [5, 5.41) is 12.4. The molecule has 1 heterocycles. The lowest BCUT2D eigenvalue weighted by Crippen LogP contribution is -2.30. The number of rotatable bonds is 4. The summed E-state index contributed by atoms with van der Waals surface area (Å²) in [6, 6.07) is 11.5. The van der Waals surface area contributed by atoms with Crippen LogP contribution >= 0.6 is 0 Å². The molecule has 1 atom stereocenters. The maximum atomic E-state index is 13.4. The van der Waals surface area contributed by atoms with Gasteiger partial charge in [0.05, 0.1) is 25.7 Å². The molecule has 0 saturated heterocycles. The monoisotopic (exact) mass is 329 g/mol. The highest BCUT2D eigenvalue weighted by molar-refractivity contribution is 5.79. The zero-order chi connectivity index (χ0) is 16.9. The first-order valence-corrected chi connectivity index (χ1v) is 8.06. The second-order valence-corrected chi connectivity index (χ2v) is 5.90. The lowest BCUT2D eigenvalue weighted by atomic mass is 10.0. The molecule has 0 saturated carbocycles. The molecule has 24 heavy (non-hydrogen) atoms. The molecule has 1 unspecified atom stereocenters. The summed E-state index contributed by atoms with van der Waals surface area (Å²) < 4.78 is 19.0. The van der Waals surface area contributed by atoms with Crippen molar-refractivity contribution in [3.63, 3.8) is 0 Å². The molecule has 0 aliphatic carbocycles. The Kier molecular flexibility index (Phi) is 5.11. The fraction of sp³-hybridized carbons (Fsp3) is 0.316. The van der Waals surface area contributed by atoms with E-state index in [0.717, 1.165) is 29.5 Å². The van der Waals surface area contributed by atoms with Crippen molar-refractivity contribution >= 4 is 5.91 Å². The van der Waals surface area contributed by atoms with Gasteiger partial charge in [-0.3, -0.25) is 4.79 Å². The summed E-state index contributed by atoms with van der Waals surface area (Å²) in [7, 11) is 0. The van der Waals surface area contributed by atoms with Crippen LogP contribution in [-0.2, 0) is 17.8 Å². The van der Waals surface area contributed by atoms with Crippen molar-refractivity contribution in [3.8, 4) is 5.75 Å². The largest absolute Gasteiger partial charge is 0.493 e. The van der Waals surface area contributed by atoms with E-state index >= 15 is 0 Å². The Morgan fingerprint density at radius 1 is 1.25 bits per heavy atom. The normalized spacial score (nSPS) is 16.7. The number of carbonyl (C=O) groups is 1. The number of halogens is 1. The first kappa shape index (κ1) is 16.5. The average Bonchev–Trinajstić information content (AvgIpc) is 2.77. The summed E-state index contributed by atoms with van der Waals surface area (Å²) in [6.07, 6.45) is 1.73. The number of aliphatic hydroxyl groups excluding tert-OH is 1. The van der Waals surface area contributed by atoms with Gasteiger partial charge in [0.25, 0.3) is 0 Å². The zero-order valence-corrected chi connectivity index (χ0v) is 13.3. The quantitative estimate of drug-likeness (QED) is 0.907. The van der Waals surface area contributed by atoms with Gasteiger partial charge in [-0.1, -0.05) is 30.3 Å². The molecule has 126 valence electrons. The highest BCUT2D eigenvalue weighted by Gasteiger charge is 2.22. The van der Waals surface area contributed by atoms with Crippen molar-refractivity contribution < 1.29 is 19.0 Å². The maximum Gasteiger partial charge on any atom is 0.224 e. The number of ether oxygens (including phenoxy) is 1. The summed E-state index contributed by atoms with van der Waals surface area (Å²) in [5.74, 6) is 0.0178. The number of aliphatic hydroxyl groups is 1. The van der Waals surface area contributed by atoms with Crippen molar-refractivity contribution in [1.29, 1.82) is 0 Å². The van der Waals surface area contributed by atoms with Crippen molar-refractivity contribution in [2.24, 2.45) is 0 Å². The van der Waals surface area contributed by atoms with Crippen molar-refractivity contribution in [2.45, 2.75) is 31.9 Å². The third-order valence-corrected chi connectivity index (χ3v) is 4.22. The molecule has 0 bridgehead atoms. The minimum atomic E-state index is -0.349. The molecule has 5 heteroatoms. The first-order chi connectivity index (χ1) is 11.7. The van der Waals surface area contributed by atoms with Gasteiger partial charge in [-0.15, -0.1) is 0 Å². The lowest BCUT2D eigenvalue weighted by Gasteiger charge is -2.19. The van der Waals surface area contributed by atoms with Crippen LogP contribution in [0.5, 0.6) is 5.75 Å². The molecule has 0 spiro atoms. The Balaban J connectivity index is 1.75. The summed E-state index contributed by atoms with van der Waals surface area (Å²) in [5.41, 5.74) is 2.36. The molecule has 0 fully saturated rings. The van der Waals surface area contributed by atoms with E-state index in [1.165, 1.54) is 12.1 Å². The standard InChI is InChI=1S/C19H20FNO3/c20-15-7-8-16-17(6-3-9-24-18(16)11-15)21-19(23)10-13-4-1-2-5-14(13)12-22/h1-2,4-5,7-8,11,17,22H,3,6,9-10,12H2,(H,21,23). The van der Waals surface area contributed by atoms with Crippen molar-refractivity contribution in [1.82, 2.24) is 5.32 Å². The van der Waals surface area contributed by atoms with Gasteiger partial charge in [0.1, 0.15) is 11.6 Å². The number of carbonyl (C=O) groups excluding carboxylic acids is 1. The molecule has 1 amide bonds. The SMILES string of the molecule is O=C(Cc1ccccc1CO)NC1CCCOc2cc(F)ccc21. The second kappa shape index (κ2) is 7.45. The van der Waals surface area contributed by atoms with Crippen LogP contribution in [0.1, 0.15) is 35.6 Å². The molecule has 0 radical (unpaired) electrons. The van der Waals surface area contributed by atoms with Crippen LogP contribution in [0.15, 0.2) is 42.5 Å². The fourth-order valence-corrected chi connectivity index (χ4v) is 3.00. The van der Waals surface area contributed by atoms with Gasteiger partial charge in [-0.05, 0) is 30.0 Å². The smallest absolute Gasteiger partial charge is 0.224 e. The summed E-state index contributed by atoms with van der Waals surface area (Å²) in [4.78, 5) is 12.4. The van der Waals surface area contributed by atoms with Crippen LogP contribution in [0, 0.1) is 5.82 Å². The van der Waals surface area contributed by atoms with Gasteiger partial charge in [0, 0.05) is 11.6 Å². The Morgan fingerprint density at radius 2 is 2.04 bits per heavy atom. The van der Waals surface area contributed by atoms with E-state index in [4.69, 9.17) is 4.74 Å². The Hall–Kier alpha value is -2.40. The molecule has 4 nitrogen and oxygen atoms in total. The van der Waals surface area contributed by atoms with Gasteiger partial charge >= 0.3 is 0 Å². The second-order valence-electron chi connectivity index (χ2n) is 5.90. The van der Waals surface area contributed by atoms with E-state index < -0.39 is 0 Å². The number of benzene rings is 2. The molecule has 1 aliphatic rings. The van der Waals surface area contributed by atoms with E-state index in [2.05, 4.69) is 5.32 Å². The summed E-state index contributed by atoms with van der Waals surface area (Å²) in [6.45, 7) is 0.416. The molecule has 2 aromatic rings. The number of hydrogen-bond acceptors (Lipinski definition) is 3. The third-order valence-electron chi connectivity index (χ3n) is 4.22. The third kappa shape index (κ3) is 3.74. The minimum Gasteiger partial charge on any atom is -0.493 e. The van der Waals surface area contributed by atoms with Crippen molar-refractivity contribution in [3.05, 3.63) is 65.0 Å². The number of amides is 1. The summed E-state index contributed by atoms with van der Waals surface area (Å²) >= 11 is 0. The fourth-order valence-electron chi connectivity index (χ4n) is 3.00. The van der Waals surface area contributed by atoms with Crippen LogP contribution < -0.4 is 10.1 Å². The predicted molar refractivity (Wildman–Crippen MR) is 88.1 cm³/mol. The lowest BCUT2D eigenvalue weighted by molar-refractivity contribution is -0.121. The van der Waals surface area contributed by atoms with Gasteiger partial charge in [-0.25, -0.2) is 4.39 Å². The van der Waals surface area contributed by atoms with Crippen molar-refractivity contribution in [2.75, 3.05) is 6.61 Å². The molecule has 2 N–H and O–H groups in total. The Bertz CT molecular complexity index is 732. The van der Waals surface area contributed by atoms with Crippen LogP contribution in [0.2, 0.25) is 0 Å². The number of nitrogens with one attached hydrogen (secondary N) is 1. The van der Waals surface area contributed by atoms with Crippen LogP contribution in [0.25, 0.3) is 0 Å². The first-order valence-electron chi connectivity index (χ1n) is 8.06. The predicted octanol–water partition coefficient (Wildman–Crippen LogP) is 2.89. The van der Waals surface area contributed by atoms with E-state index in [1.807, 2.05) is 18.2 Å². The Morgan fingerprint density at radius 3 is 2.83 bits per heavy atom. The van der Waals surface area contributed by atoms with Gasteiger partial charge in [0.2, 0.25) is 5.91 Å². The van der Waals surface area contributed by atoms with Gasteiger partial charge in [0.15, 0.2) is 0 Å². The van der Waals surface area contributed by atoms with E-state index in [9.17, 15) is 14.3 Å². The number of hydrogen-bond donors (Lipinski definition) is 2. The van der Waals surface area contributed by atoms with Crippen LogP contribution in [0.3, 0.4) is 0 Å². The molecular weight excluding hydrogens is 309 g/mol. The highest BCUT2D eigenvalue weighted by atomic mass is 19.1. The molecule has 1 aliphatic heterocycles.